The van der Waals surface area contributed by atoms with Crippen molar-refractivity contribution >= 4 is 43.6 Å². The van der Waals surface area contributed by atoms with Crippen LogP contribution in [0.5, 0.6) is 0 Å². The van der Waals surface area contributed by atoms with E-state index in [2.05, 4.69) is 106 Å². The minimum Gasteiger partial charge on any atom is -0.309 e. The molecular weight excluding hydrogens is 685 g/mol. The van der Waals surface area contributed by atoms with Crippen LogP contribution in [0, 0.1) is 34.0 Å². The molecule has 7 aromatic carbocycles. The van der Waals surface area contributed by atoms with Crippen molar-refractivity contribution in [1.29, 1.82) is 15.8 Å². The lowest BCUT2D eigenvalue weighted by atomic mass is 9.99. The average molecular weight is 713 g/mol. The molecule has 0 aliphatic rings. The second-order valence-corrected chi connectivity index (χ2v) is 13.7. The molecule has 0 atom stereocenters. The number of rotatable bonds is 5. The Morgan fingerprint density at radius 3 is 1.46 bits per heavy atom. The summed E-state index contributed by atoms with van der Waals surface area (Å²) in [6.45, 7) is 0. The van der Waals surface area contributed by atoms with Gasteiger partial charge >= 0.3 is 0 Å². The van der Waals surface area contributed by atoms with Gasteiger partial charge in [0.15, 0.2) is 0 Å². The highest BCUT2D eigenvalue weighted by Gasteiger charge is 2.23. The first-order valence-electron chi connectivity index (χ1n) is 18.2. The summed E-state index contributed by atoms with van der Waals surface area (Å²) in [6.07, 6.45) is 1.79. The van der Waals surface area contributed by atoms with E-state index in [4.69, 9.17) is 4.98 Å². The second-order valence-electron chi connectivity index (χ2n) is 13.7. The lowest BCUT2D eigenvalue weighted by Gasteiger charge is -2.18. The van der Waals surface area contributed by atoms with Gasteiger partial charge in [-0.3, -0.25) is 4.98 Å². The maximum Gasteiger partial charge on any atom is 0.0999 e. The van der Waals surface area contributed by atoms with E-state index in [1.165, 1.54) is 0 Å². The van der Waals surface area contributed by atoms with Crippen molar-refractivity contribution in [1.82, 2.24) is 14.1 Å². The molecule has 0 fully saturated rings. The number of aromatic nitrogens is 3. The van der Waals surface area contributed by atoms with E-state index >= 15 is 0 Å². The van der Waals surface area contributed by atoms with E-state index < -0.39 is 0 Å². The fraction of sp³-hybridized carbons (Fsp3) is 0. The predicted octanol–water partition coefficient (Wildman–Crippen LogP) is 11.9. The van der Waals surface area contributed by atoms with Gasteiger partial charge in [0.25, 0.3) is 0 Å². The minimum atomic E-state index is 0.513. The van der Waals surface area contributed by atoms with Crippen LogP contribution in [0.2, 0.25) is 0 Å². The Morgan fingerprint density at radius 1 is 0.393 bits per heavy atom. The van der Waals surface area contributed by atoms with Gasteiger partial charge in [0.1, 0.15) is 0 Å². The number of para-hydroxylation sites is 2. The molecule has 0 saturated carbocycles. The van der Waals surface area contributed by atoms with Crippen molar-refractivity contribution < 1.29 is 0 Å². The largest absolute Gasteiger partial charge is 0.309 e. The molecule has 0 spiro atoms. The third-order valence-corrected chi connectivity index (χ3v) is 10.7. The highest BCUT2D eigenvalue weighted by molar-refractivity contribution is 6.12. The molecule has 10 rings (SSSR count). The van der Waals surface area contributed by atoms with Crippen LogP contribution in [0.25, 0.3) is 88.5 Å². The number of fused-ring (bicyclic) bond motifs is 6. The van der Waals surface area contributed by atoms with Gasteiger partial charge in [-0.25, -0.2) is 0 Å². The Bertz CT molecular complexity index is 3360. The number of pyridine rings is 1. The summed E-state index contributed by atoms with van der Waals surface area (Å²) in [6, 6.07) is 61.8. The van der Waals surface area contributed by atoms with E-state index in [0.29, 0.717) is 22.4 Å². The highest BCUT2D eigenvalue weighted by Crippen LogP contribution is 2.42. The van der Waals surface area contributed by atoms with Crippen molar-refractivity contribution in [2.24, 2.45) is 0 Å². The molecule has 3 heterocycles. The molecule has 0 unspecified atom stereocenters. The van der Waals surface area contributed by atoms with Gasteiger partial charge in [-0.15, -0.1) is 0 Å². The van der Waals surface area contributed by atoms with Crippen LogP contribution in [0.3, 0.4) is 0 Å². The lowest BCUT2D eigenvalue weighted by Crippen LogP contribution is -2.04. The van der Waals surface area contributed by atoms with Crippen LogP contribution < -0.4 is 0 Å². The van der Waals surface area contributed by atoms with Gasteiger partial charge in [-0.2, -0.15) is 15.8 Å². The molecule has 258 valence electrons. The molecule has 0 N–H and O–H groups in total. The number of hydrogen-bond acceptors (Lipinski definition) is 4. The molecule has 56 heavy (non-hydrogen) atoms. The maximum atomic E-state index is 10.7. The smallest absolute Gasteiger partial charge is 0.0999 e. The Labute approximate surface area is 322 Å². The quantitative estimate of drug-likeness (QED) is 0.177. The lowest BCUT2D eigenvalue weighted by molar-refractivity contribution is 1.12. The van der Waals surface area contributed by atoms with Gasteiger partial charge in [-0.1, -0.05) is 78.9 Å². The molecule has 3 aromatic heterocycles. The molecular formula is C50H28N6. The highest BCUT2D eigenvalue weighted by atomic mass is 15.0. The van der Waals surface area contributed by atoms with Gasteiger partial charge in [0, 0.05) is 33.3 Å². The normalized spacial score (nSPS) is 11.2. The third kappa shape index (κ3) is 5.05. The number of hydrogen-bond donors (Lipinski definition) is 0. The molecule has 6 heteroatoms. The molecule has 0 radical (unpaired) electrons. The Hall–Kier alpha value is -8.24. The topological polar surface area (TPSA) is 94.1 Å². The number of nitriles is 3. The van der Waals surface area contributed by atoms with Crippen molar-refractivity contribution in [3.63, 3.8) is 0 Å². The zero-order valence-electron chi connectivity index (χ0n) is 29.8. The van der Waals surface area contributed by atoms with Gasteiger partial charge < -0.3 is 9.13 Å². The Balaban J connectivity index is 1.22. The van der Waals surface area contributed by atoms with Crippen molar-refractivity contribution in [3.05, 3.63) is 187 Å². The monoisotopic (exact) mass is 712 g/mol. The van der Waals surface area contributed by atoms with E-state index in [-0.39, 0.29) is 0 Å². The van der Waals surface area contributed by atoms with Gasteiger partial charge in [0.2, 0.25) is 0 Å². The van der Waals surface area contributed by atoms with Gasteiger partial charge in [-0.05, 0) is 107 Å². The summed E-state index contributed by atoms with van der Waals surface area (Å²) < 4.78 is 4.48. The molecule has 0 aliphatic carbocycles. The van der Waals surface area contributed by atoms with Crippen LogP contribution in [0.4, 0.5) is 0 Å². The standard InChI is InChI=1S/C50H28N6/c51-29-32-9-5-11-34(25-32)36-20-22-45-41(27-36)39-14-1-3-16-43(39)55(45)47-18-7-13-38(31-53)49(47)50-48(19-8-24-54-50)56-44-17-4-2-15-40(44)42-28-37(21-23-46(42)56)35-12-6-10-33(26-35)30-52/h1-28H. The van der Waals surface area contributed by atoms with Gasteiger partial charge in [0.05, 0.1) is 74.0 Å². The summed E-state index contributed by atoms with van der Waals surface area (Å²) in [7, 11) is 0. The first-order chi connectivity index (χ1) is 27.6. The summed E-state index contributed by atoms with van der Waals surface area (Å²) in [5.41, 5.74) is 12.9. The van der Waals surface area contributed by atoms with Crippen molar-refractivity contribution in [2.45, 2.75) is 0 Å². The van der Waals surface area contributed by atoms with Crippen LogP contribution in [-0.2, 0) is 0 Å². The van der Waals surface area contributed by atoms with Crippen molar-refractivity contribution in [2.75, 3.05) is 0 Å². The third-order valence-electron chi connectivity index (χ3n) is 10.7. The molecule has 0 amide bonds. The fourth-order valence-corrected chi connectivity index (χ4v) is 8.20. The van der Waals surface area contributed by atoms with Crippen molar-refractivity contribution in [3.8, 4) is 63.1 Å². The fourth-order valence-electron chi connectivity index (χ4n) is 8.20. The minimum absolute atomic E-state index is 0.513. The zero-order valence-corrected chi connectivity index (χ0v) is 29.8. The molecule has 6 nitrogen and oxygen atoms in total. The zero-order chi connectivity index (χ0) is 37.8. The van der Waals surface area contributed by atoms with Crippen LogP contribution in [0.15, 0.2) is 170 Å². The SMILES string of the molecule is N#Cc1cccc(-c2ccc3c(c2)c2ccccc2n3-c2cccnc2-c2c(C#N)cccc2-n2c3ccccc3c3cc(-c4cccc(C#N)c4)ccc32)c1. The van der Waals surface area contributed by atoms with Crippen LogP contribution in [0.1, 0.15) is 16.7 Å². The Kier molecular flexibility index (Phi) is 7.53. The first kappa shape index (κ1) is 32.4. The molecule has 0 saturated heterocycles. The van der Waals surface area contributed by atoms with E-state index in [9.17, 15) is 15.8 Å². The maximum absolute atomic E-state index is 10.7. The molecule has 10 aromatic rings. The second kappa shape index (κ2) is 13.0. The van der Waals surface area contributed by atoms with Crippen LogP contribution >= 0.6 is 0 Å². The predicted molar refractivity (Wildman–Crippen MR) is 223 cm³/mol. The number of benzene rings is 7. The summed E-state index contributed by atoms with van der Waals surface area (Å²) in [4.78, 5) is 5.07. The molecule has 0 bridgehead atoms. The Morgan fingerprint density at radius 2 is 0.893 bits per heavy atom. The van der Waals surface area contributed by atoms with E-state index in [1.807, 2.05) is 84.9 Å². The molecule has 0 aliphatic heterocycles. The summed E-state index contributed by atoms with van der Waals surface area (Å²) in [5.74, 6) is 0. The average Bonchev–Trinajstić information content (AvgIpc) is 3.78. The van der Waals surface area contributed by atoms with E-state index in [0.717, 1.165) is 82.8 Å². The van der Waals surface area contributed by atoms with Crippen LogP contribution in [-0.4, -0.2) is 14.1 Å². The van der Waals surface area contributed by atoms with E-state index in [1.54, 1.807) is 6.20 Å². The summed E-state index contributed by atoms with van der Waals surface area (Å²) in [5, 5.41) is 34.2. The number of nitrogens with zero attached hydrogens (tertiary/aromatic N) is 6. The first-order valence-corrected chi connectivity index (χ1v) is 18.2. The summed E-state index contributed by atoms with van der Waals surface area (Å²) >= 11 is 0.